The first-order chi connectivity index (χ1) is 12.4. The van der Waals surface area contributed by atoms with Crippen molar-refractivity contribution in [2.24, 2.45) is 0 Å². The Kier molecular flexibility index (Phi) is 6.71. The fourth-order valence-electron chi connectivity index (χ4n) is 2.08. The van der Waals surface area contributed by atoms with Crippen LogP contribution in [0.3, 0.4) is 0 Å². The van der Waals surface area contributed by atoms with Crippen molar-refractivity contribution in [3.8, 4) is 23.8 Å². The van der Waals surface area contributed by atoms with Crippen LogP contribution in [0.1, 0.15) is 12.5 Å². The molecule has 0 unspecified atom stereocenters. The number of nitrogens with zero attached hydrogens (tertiary/aromatic N) is 1. The Morgan fingerprint density at radius 3 is 2.77 bits per heavy atom. The third kappa shape index (κ3) is 4.59. The third-order valence-corrected chi connectivity index (χ3v) is 4.58. The van der Waals surface area contributed by atoms with E-state index in [9.17, 15) is 19.5 Å². The highest BCUT2D eigenvalue weighted by Gasteiger charge is 2.34. The number of amides is 2. The van der Waals surface area contributed by atoms with Crippen LogP contribution in [0.25, 0.3) is 6.08 Å². The molecule has 26 heavy (non-hydrogen) atoms. The highest BCUT2D eigenvalue weighted by Crippen LogP contribution is 2.39. The van der Waals surface area contributed by atoms with E-state index in [4.69, 9.17) is 15.9 Å². The number of imide groups is 1. The Balaban J connectivity index is 2.36. The molecule has 1 fully saturated rings. The number of aliphatic carboxylic acids is 1. The Labute approximate surface area is 162 Å². The monoisotopic (exact) mass is 438 g/mol. The standard InChI is InChI=1S/C17H14BrNO6S/c1-3-5-19-16(22)13(26-17(19)23)8-10-6-11(18)15(25-9-14(20)21)12(7-10)24-4-2/h1,6-8H,4-5,9H2,2H3,(H,20,21)/p-1/b13-8+. The smallest absolute Gasteiger partial charge is 0.294 e. The molecule has 9 heteroatoms. The van der Waals surface area contributed by atoms with Gasteiger partial charge in [-0.1, -0.05) is 5.92 Å². The number of carboxylic acids is 1. The molecule has 0 N–H and O–H groups in total. The van der Waals surface area contributed by atoms with Gasteiger partial charge in [0.2, 0.25) is 0 Å². The van der Waals surface area contributed by atoms with E-state index in [2.05, 4.69) is 21.9 Å². The Morgan fingerprint density at radius 1 is 1.42 bits per heavy atom. The number of carbonyl (C=O) groups excluding carboxylic acids is 3. The first-order valence-electron chi connectivity index (χ1n) is 7.35. The molecule has 1 aromatic carbocycles. The molecule has 136 valence electrons. The highest BCUT2D eigenvalue weighted by atomic mass is 79.9. The zero-order chi connectivity index (χ0) is 19.3. The number of hydrogen-bond donors (Lipinski definition) is 0. The van der Waals surface area contributed by atoms with Gasteiger partial charge in [0.25, 0.3) is 11.1 Å². The minimum absolute atomic E-state index is 0.0914. The van der Waals surface area contributed by atoms with Crippen LogP contribution >= 0.6 is 27.7 Å². The van der Waals surface area contributed by atoms with Crippen molar-refractivity contribution >= 4 is 50.9 Å². The van der Waals surface area contributed by atoms with Crippen LogP contribution in [-0.2, 0) is 9.59 Å². The minimum Gasteiger partial charge on any atom is -0.546 e. The van der Waals surface area contributed by atoms with Gasteiger partial charge in [0.1, 0.15) is 6.61 Å². The first kappa shape index (κ1) is 19.9. The lowest BCUT2D eigenvalue weighted by Gasteiger charge is -2.15. The quantitative estimate of drug-likeness (QED) is 0.471. The second kappa shape index (κ2) is 8.78. The largest absolute Gasteiger partial charge is 0.546 e. The van der Waals surface area contributed by atoms with Gasteiger partial charge in [0.05, 0.1) is 28.5 Å². The van der Waals surface area contributed by atoms with Gasteiger partial charge in [-0.3, -0.25) is 14.5 Å². The van der Waals surface area contributed by atoms with Gasteiger partial charge in [-0.2, -0.15) is 0 Å². The molecule has 0 aliphatic carbocycles. The predicted octanol–water partition coefficient (Wildman–Crippen LogP) is 1.65. The molecule has 0 atom stereocenters. The number of carboxylic acid groups (broad SMARTS) is 1. The molecule has 0 bridgehead atoms. The number of terminal acetylenes is 1. The fraction of sp³-hybridized carbons (Fsp3) is 0.235. The van der Waals surface area contributed by atoms with E-state index in [0.29, 0.717) is 16.6 Å². The summed E-state index contributed by atoms with van der Waals surface area (Å²) in [7, 11) is 0. The summed E-state index contributed by atoms with van der Waals surface area (Å²) in [6, 6.07) is 3.19. The molecule has 0 radical (unpaired) electrons. The minimum atomic E-state index is -1.37. The topological polar surface area (TPSA) is 96.0 Å². The van der Waals surface area contributed by atoms with Gasteiger partial charge in [-0.05, 0) is 58.4 Å². The molecule has 1 aliphatic rings. The van der Waals surface area contributed by atoms with E-state index in [0.717, 1.165) is 16.7 Å². The van der Waals surface area contributed by atoms with Crippen LogP contribution in [0, 0.1) is 12.3 Å². The van der Waals surface area contributed by atoms with Crippen LogP contribution in [0.5, 0.6) is 11.5 Å². The second-order valence-electron chi connectivity index (χ2n) is 4.90. The zero-order valence-corrected chi connectivity index (χ0v) is 16.0. The van der Waals surface area contributed by atoms with E-state index in [1.807, 2.05) is 0 Å². The molecule has 2 amide bonds. The summed E-state index contributed by atoms with van der Waals surface area (Å²) < 4.78 is 11.1. The van der Waals surface area contributed by atoms with Gasteiger partial charge in [-0.25, -0.2) is 0 Å². The first-order valence-corrected chi connectivity index (χ1v) is 8.96. The van der Waals surface area contributed by atoms with Crippen LogP contribution in [0.15, 0.2) is 21.5 Å². The Hall–Kier alpha value is -2.44. The van der Waals surface area contributed by atoms with Crippen LogP contribution in [-0.4, -0.2) is 41.8 Å². The van der Waals surface area contributed by atoms with E-state index < -0.39 is 23.7 Å². The number of ether oxygens (including phenoxy) is 2. The van der Waals surface area contributed by atoms with E-state index in [1.165, 1.54) is 6.08 Å². The molecular formula is C17H13BrNO6S-. The third-order valence-electron chi connectivity index (χ3n) is 3.09. The molecule has 1 aromatic rings. The average Bonchev–Trinajstić information content (AvgIpc) is 2.82. The number of rotatable bonds is 7. The van der Waals surface area contributed by atoms with E-state index in [1.54, 1.807) is 19.1 Å². The van der Waals surface area contributed by atoms with Crippen molar-refractivity contribution in [3.63, 3.8) is 0 Å². The zero-order valence-electron chi connectivity index (χ0n) is 13.6. The summed E-state index contributed by atoms with van der Waals surface area (Å²) in [6.07, 6.45) is 6.69. The van der Waals surface area contributed by atoms with Gasteiger partial charge in [0, 0.05) is 0 Å². The lowest BCUT2D eigenvalue weighted by atomic mass is 10.2. The summed E-state index contributed by atoms with van der Waals surface area (Å²) in [5.41, 5.74) is 0.562. The maximum absolute atomic E-state index is 12.2. The van der Waals surface area contributed by atoms with E-state index >= 15 is 0 Å². The lowest BCUT2D eigenvalue weighted by molar-refractivity contribution is -0.307. The van der Waals surface area contributed by atoms with Crippen LogP contribution < -0.4 is 14.6 Å². The van der Waals surface area contributed by atoms with Crippen molar-refractivity contribution in [2.45, 2.75) is 6.92 Å². The normalized spacial score (nSPS) is 15.3. The lowest BCUT2D eigenvalue weighted by Crippen LogP contribution is -2.29. The Bertz CT molecular complexity index is 829. The number of carbonyl (C=O) groups is 3. The van der Waals surface area contributed by atoms with Gasteiger partial charge in [-0.15, -0.1) is 6.42 Å². The summed E-state index contributed by atoms with van der Waals surface area (Å²) in [5, 5.41) is 10.2. The molecule has 7 nitrogen and oxygen atoms in total. The average molecular weight is 439 g/mol. The molecule has 1 saturated heterocycles. The number of halogens is 1. The Morgan fingerprint density at radius 2 is 2.15 bits per heavy atom. The summed E-state index contributed by atoms with van der Waals surface area (Å²) >= 11 is 4.08. The van der Waals surface area contributed by atoms with Crippen LogP contribution in [0.4, 0.5) is 4.79 Å². The molecule has 2 rings (SSSR count). The molecule has 1 aliphatic heterocycles. The number of hydrogen-bond acceptors (Lipinski definition) is 7. The van der Waals surface area contributed by atoms with E-state index in [-0.39, 0.29) is 22.9 Å². The molecule has 0 saturated carbocycles. The second-order valence-corrected chi connectivity index (χ2v) is 6.74. The van der Waals surface area contributed by atoms with Gasteiger partial charge in [0.15, 0.2) is 11.5 Å². The van der Waals surface area contributed by atoms with Crippen molar-refractivity contribution < 1.29 is 29.0 Å². The van der Waals surface area contributed by atoms with Crippen molar-refractivity contribution in [1.29, 1.82) is 0 Å². The summed E-state index contributed by atoms with van der Waals surface area (Å²) in [5.74, 6) is 0.921. The van der Waals surface area contributed by atoms with Crippen molar-refractivity contribution in [1.82, 2.24) is 4.90 Å². The molecule has 0 spiro atoms. The number of benzene rings is 1. The summed E-state index contributed by atoms with van der Waals surface area (Å²) in [6.45, 7) is 1.35. The van der Waals surface area contributed by atoms with Crippen LogP contribution in [0.2, 0.25) is 0 Å². The molecule has 0 aromatic heterocycles. The number of thioether (sulfide) groups is 1. The maximum atomic E-state index is 12.2. The van der Waals surface area contributed by atoms with Crippen molar-refractivity contribution in [3.05, 3.63) is 27.1 Å². The SMILES string of the molecule is C#CCN1C(=O)S/C(=C/c2cc(Br)c(OCC(=O)[O-])c(OCC)c2)C1=O. The van der Waals surface area contributed by atoms with Gasteiger partial charge < -0.3 is 19.4 Å². The highest BCUT2D eigenvalue weighted by molar-refractivity contribution is 9.10. The molecular weight excluding hydrogens is 426 g/mol. The maximum Gasteiger partial charge on any atom is 0.294 e. The van der Waals surface area contributed by atoms with Crippen molar-refractivity contribution in [2.75, 3.05) is 19.8 Å². The summed E-state index contributed by atoms with van der Waals surface area (Å²) in [4.78, 5) is 35.9. The fourth-order valence-corrected chi connectivity index (χ4v) is 3.50. The molecule has 1 heterocycles. The van der Waals surface area contributed by atoms with Gasteiger partial charge >= 0.3 is 0 Å². The predicted molar refractivity (Wildman–Crippen MR) is 97.3 cm³/mol.